The number of ether oxygens (including phenoxy) is 1. The van der Waals surface area contributed by atoms with Crippen molar-refractivity contribution in [1.29, 1.82) is 0 Å². The first-order chi connectivity index (χ1) is 9.40. The van der Waals surface area contributed by atoms with Crippen molar-refractivity contribution in [1.82, 2.24) is 5.32 Å². The van der Waals surface area contributed by atoms with Gasteiger partial charge in [0.05, 0.1) is 5.56 Å². The standard InChI is InChI=1S/C13H13FN2O4/c1-6-4-8(17)12-9(3-2-7(14)11(6)12)20-5-10(18)16-13(15)19/h2-3,6H,4-5H2,1H3,(H3,15,16,18,19)/t6-/m0/s1. The lowest BCUT2D eigenvalue weighted by molar-refractivity contribution is -0.121. The molecule has 1 atom stereocenters. The van der Waals surface area contributed by atoms with Crippen molar-refractivity contribution in [3.8, 4) is 5.75 Å². The molecule has 0 spiro atoms. The Balaban J connectivity index is 2.20. The summed E-state index contributed by atoms with van der Waals surface area (Å²) in [5.41, 5.74) is 5.26. The van der Waals surface area contributed by atoms with Gasteiger partial charge in [-0.05, 0) is 18.1 Å². The topological polar surface area (TPSA) is 98.5 Å². The van der Waals surface area contributed by atoms with Crippen LogP contribution in [-0.4, -0.2) is 24.3 Å². The minimum Gasteiger partial charge on any atom is -0.483 e. The molecule has 0 bridgehead atoms. The molecule has 0 heterocycles. The van der Waals surface area contributed by atoms with Gasteiger partial charge < -0.3 is 10.5 Å². The van der Waals surface area contributed by atoms with Gasteiger partial charge in [-0.2, -0.15) is 0 Å². The Kier molecular flexibility index (Phi) is 3.69. The minimum atomic E-state index is -0.993. The summed E-state index contributed by atoms with van der Waals surface area (Å²) in [4.78, 5) is 33.6. The minimum absolute atomic E-state index is 0.135. The summed E-state index contributed by atoms with van der Waals surface area (Å²) in [7, 11) is 0. The number of primary amides is 1. The Hall–Kier alpha value is -2.44. The summed E-state index contributed by atoms with van der Waals surface area (Å²) >= 11 is 0. The molecule has 1 aromatic rings. The van der Waals surface area contributed by atoms with Crippen LogP contribution >= 0.6 is 0 Å². The molecule has 1 aliphatic rings. The second kappa shape index (κ2) is 5.28. The maximum absolute atomic E-state index is 13.7. The molecule has 0 saturated carbocycles. The third kappa shape index (κ3) is 2.61. The van der Waals surface area contributed by atoms with Crippen LogP contribution in [0, 0.1) is 5.82 Å². The van der Waals surface area contributed by atoms with E-state index in [-0.39, 0.29) is 29.4 Å². The summed E-state index contributed by atoms with van der Waals surface area (Å²) in [6, 6.07) is 1.49. The van der Waals surface area contributed by atoms with Crippen molar-refractivity contribution >= 4 is 17.7 Å². The Morgan fingerprint density at radius 1 is 1.50 bits per heavy atom. The number of carbonyl (C=O) groups excluding carboxylic acids is 3. The highest BCUT2D eigenvalue weighted by atomic mass is 19.1. The highest BCUT2D eigenvalue weighted by molar-refractivity contribution is 6.04. The van der Waals surface area contributed by atoms with Crippen molar-refractivity contribution in [2.45, 2.75) is 19.3 Å². The van der Waals surface area contributed by atoms with Crippen molar-refractivity contribution < 1.29 is 23.5 Å². The predicted molar refractivity (Wildman–Crippen MR) is 67.0 cm³/mol. The van der Waals surface area contributed by atoms with Gasteiger partial charge >= 0.3 is 6.03 Å². The summed E-state index contributed by atoms with van der Waals surface area (Å²) in [6.45, 7) is 1.26. The van der Waals surface area contributed by atoms with E-state index < -0.39 is 24.4 Å². The Morgan fingerprint density at radius 2 is 2.20 bits per heavy atom. The number of halogens is 1. The number of amides is 3. The first-order valence-electron chi connectivity index (χ1n) is 5.97. The van der Waals surface area contributed by atoms with Crippen molar-refractivity contribution in [3.63, 3.8) is 0 Å². The molecule has 20 heavy (non-hydrogen) atoms. The molecule has 0 saturated heterocycles. The number of nitrogens with one attached hydrogen (secondary N) is 1. The highest BCUT2D eigenvalue weighted by Crippen LogP contribution is 2.39. The first-order valence-corrected chi connectivity index (χ1v) is 5.97. The molecular weight excluding hydrogens is 267 g/mol. The first kappa shape index (κ1) is 14.0. The van der Waals surface area contributed by atoms with Crippen LogP contribution in [0.2, 0.25) is 0 Å². The third-order valence-electron chi connectivity index (χ3n) is 3.04. The van der Waals surface area contributed by atoms with Gasteiger partial charge in [-0.25, -0.2) is 9.18 Å². The molecule has 3 N–H and O–H groups in total. The third-order valence-corrected chi connectivity index (χ3v) is 3.04. The smallest absolute Gasteiger partial charge is 0.318 e. The van der Waals surface area contributed by atoms with Crippen LogP contribution in [0.15, 0.2) is 12.1 Å². The van der Waals surface area contributed by atoms with Gasteiger partial charge in [-0.15, -0.1) is 0 Å². The molecule has 7 heteroatoms. The van der Waals surface area contributed by atoms with E-state index in [4.69, 9.17) is 10.5 Å². The van der Waals surface area contributed by atoms with Crippen molar-refractivity contribution in [2.24, 2.45) is 5.73 Å². The van der Waals surface area contributed by atoms with E-state index in [2.05, 4.69) is 0 Å². The maximum atomic E-state index is 13.7. The van der Waals surface area contributed by atoms with Gasteiger partial charge in [-0.1, -0.05) is 6.92 Å². The molecule has 0 aromatic heterocycles. The molecule has 0 fully saturated rings. The fourth-order valence-corrected chi connectivity index (χ4v) is 2.26. The van der Waals surface area contributed by atoms with Gasteiger partial charge in [0.1, 0.15) is 11.6 Å². The highest BCUT2D eigenvalue weighted by Gasteiger charge is 2.32. The number of urea groups is 1. The number of Topliss-reactive ketones (excluding diaryl/α,β-unsaturated/α-hetero) is 1. The van der Waals surface area contributed by atoms with E-state index in [0.29, 0.717) is 5.56 Å². The normalized spacial score (nSPS) is 16.7. The number of imide groups is 1. The van der Waals surface area contributed by atoms with E-state index in [0.717, 1.165) is 0 Å². The molecule has 1 aliphatic carbocycles. The van der Waals surface area contributed by atoms with Crippen molar-refractivity contribution in [3.05, 3.63) is 29.1 Å². The molecule has 106 valence electrons. The van der Waals surface area contributed by atoms with Gasteiger partial charge in [-0.3, -0.25) is 14.9 Å². The lowest BCUT2D eigenvalue weighted by Gasteiger charge is -2.11. The van der Waals surface area contributed by atoms with Crippen LogP contribution in [0.5, 0.6) is 5.75 Å². The monoisotopic (exact) mass is 280 g/mol. The molecule has 0 radical (unpaired) electrons. The number of hydrogen-bond acceptors (Lipinski definition) is 4. The van der Waals surface area contributed by atoms with E-state index in [1.165, 1.54) is 12.1 Å². The molecule has 3 amide bonds. The number of nitrogens with two attached hydrogens (primary N) is 1. The van der Waals surface area contributed by atoms with Gasteiger partial charge in [0, 0.05) is 12.0 Å². The fraction of sp³-hybridized carbons (Fsp3) is 0.308. The molecular formula is C13H13FN2O4. The van der Waals surface area contributed by atoms with E-state index in [1.54, 1.807) is 6.92 Å². The predicted octanol–water partition coefficient (Wildman–Crippen LogP) is 1.09. The summed E-state index contributed by atoms with van der Waals surface area (Å²) < 4.78 is 18.9. The summed E-state index contributed by atoms with van der Waals surface area (Å²) in [6.07, 6.45) is 0.208. The zero-order chi connectivity index (χ0) is 14.9. The number of hydrogen-bond donors (Lipinski definition) is 2. The van der Waals surface area contributed by atoms with E-state index in [9.17, 15) is 18.8 Å². The number of rotatable bonds is 3. The Bertz CT molecular complexity index is 600. The molecule has 1 aromatic carbocycles. The zero-order valence-corrected chi connectivity index (χ0v) is 10.7. The van der Waals surface area contributed by atoms with E-state index in [1.807, 2.05) is 5.32 Å². The lowest BCUT2D eigenvalue weighted by Crippen LogP contribution is -2.38. The second-order valence-corrected chi connectivity index (χ2v) is 4.56. The number of fused-ring (bicyclic) bond motifs is 1. The van der Waals surface area contributed by atoms with Crippen LogP contribution in [-0.2, 0) is 4.79 Å². The SMILES string of the molecule is C[C@H]1CC(=O)c2c(OCC(=O)NC(N)=O)ccc(F)c21. The van der Waals surface area contributed by atoms with Gasteiger partial charge in [0.15, 0.2) is 12.4 Å². The van der Waals surface area contributed by atoms with Crippen LogP contribution in [0.25, 0.3) is 0 Å². The number of ketones is 1. The number of benzene rings is 1. The average Bonchev–Trinajstić information content (AvgIpc) is 2.64. The maximum Gasteiger partial charge on any atom is 0.318 e. The van der Waals surface area contributed by atoms with Crippen LogP contribution in [0.4, 0.5) is 9.18 Å². The average molecular weight is 280 g/mol. The summed E-state index contributed by atoms with van der Waals surface area (Å²) in [5, 5.41) is 1.83. The largest absolute Gasteiger partial charge is 0.483 e. The second-order valence-electron chi connectivity index (χ2n) is 4.56. The summed E-state index contributed by atoms with van der Waals surface area (Å²) in [5.74, 6) is -1.52. The molecule has 6 nitrogen and oxygen atoms in total. The molecule has 0 unspecified atom stereocenters. The van der Waals surface area contributed by atoms with Crippen LogP contribution in [0.3, 0.4) is 0 Å². The zero-order valence-electron chi connectivity index (χ0n) is 10.7. The van der Waals surface area contributed by atoms with Crippen LogP contribution < -0.4 is 15.8 Å². The van der Waals surface area contributed by atoms with Gasteiger partial charge in [0.25, 0.3) is 5.91 Å². The Morgan fingerprint density at radius 3 is 2.85 bits per heavy atom. The van der Waals surface area contributed by atoms with E-state index >= 15 is 0 Å². The number of carbonyl (C=O) groups is 3. The quantitative estimate of drug-likeness (QED) is 0.865. The van der Waals surface area contributed by atoms with Gasteiger partial charge in [0.2, 0.25) is 0 Å². The van der Waals surface area contributed by atoms with Crippen LogP contribution in [0.1, 0.15) is 35.2 Å². The fourth-order valence-electron chi connectivity index (χ4n) is 2.26. The molecule has 2 rings (SSSR count). The molecule has 0 aliphatic heterocycles. The lowest BCUT2D eigenvalue weighted by atomic mass is 10.0. The van der Waals surface area contributed by atoms with Crippen molar-refractivity contribution in [2.75, 3.05) is 6.61 Å². The Labute approximate surface area is 114 Å².